The Bertz CT molecular complexity index is 524. The molecular formula is C13H16N2O4S. The Morgan fingerprint density at radius 3 is 2.75 bits per heavy atom. The quantitative estimate of drug-likeness (QED) is 0.637. The van der Waals surface area contributed by atoms with E-state index in [1.54, 1.807) is 12.3 Å². The first-order valence-corrected chi connectivity index (χ1v) is 6.77. The molecule has 0 aliphatic carbocycles. The van der Waals surface area contributed by atoms with Gasteiger partial charge < -0.3 is 15.0 Å². The third kappa shape index (κ3) is 4.20. The molecule has 6 nitrogen and oxygen atoms in total. The van der Waals surface area contributed by atoms with Crippen LogP contribution < -0.4 is 5.32 Å². The van der Waals surface area contributed by atoms with E-state index in [-0.39, 0.29) is 18.4 Å². The molecule has 1 aromatic rings. The van der Waals surface area contributed by atoms with Crippen LogP contribution in [0, 0.1) is 0 Å². The Hall–Kier alpha value is -2.15. The van der Waals surface area contributed by atoms with Gasteiger partial charge in [-0.3, -0.25) is 9.59 Å². The van der Waals surface area contributed by atoms with Gasteiger partial charge >= 0.3 is 5.97 Å². The topological polar surface area (TPSA) is 75.7 Å². The van der Waals surface area contributed by atoms with E-state index in [2.05, 4.69) is 16.6 Å². The fraction of sp³-hybridized carbons (Fsp3) is 0.308. The summed E-state index contributed by atoms with van der Waals surface area (Å²) in [6.07, 6.45) is 1.16. The molecule has 1 rings (SSSR count). The van der Waals surface area contributed by atoms with Gasteiger partial charge in [0, 0.05) is 11.9 Å². The predicted molar refractivity (Wildman–Crippen MR) is 76.7 cm³/mol. The summed E-state index contributed by atoms with van der Waals surface area (Å²) < 4.78 is 4.57. The van der Waals surface area contributed by atoms with Gasteiger partial charge in [0.2, 0.25) is 11.8 Å². The first-order valence-electron chi connectivity index (χ1n) is 5.89. The largest absolute Gasteiger partial charge is 0.465 e. The first kappa shape index (κ1) is 15.9. The van der Waals surface area contributed by atoms with Crippen LogP contribution in [0.4, 0.5) is 5.00 Å². The fourth-order valence-corrected chi connectivity index (χ4v) is 2.24. The number of hydrogen-bond acceptors (Lipinski definition) is 5. The molecule has 1 aromatic heterocycles. The molecule has 0 radical (unpaired) electrons. The Morgan fingerprint density at radius 2 is 2.20 bits per heavy atom. The SMILES string of the molecule is C=CC(=O)N(CC)CC(=O)Nc1cc(C(=O)OC)cs1. The summed E-state index contributed by atoms with van der Waals surface area (Å²) in [5.74, 6) is -1.09. The fourth-order valence-electron chi connectivity index (χ4n) is 1.45. The molecule has 1 heterocycles. The highest BCUT2D eigenvalue weighted by Gasteiger charge is 2.14. The zero-order chi connectivity index (χ0) is 15.1. The minimum absolute atomic E-state index is 0.0627. The molecule has 0 atom stereocenters. The summed E-state index contributed by atoms with van der Waals surface area (Å²) >= 11 is 1.21. The third-order valence-corrected chi connectivity index (χ3v) is 3.33. The number of carbonyl (C=O) groups excluding carboxylic acids is 3. The summed E-state index contributed by atoms with van der Waals surface area (Å²) in [4.78, 5) is 35.9. The van der Waals surface area contributed by atoms with Crippen LogP contribution in [-0.2, 0) is 14.3 Å². The highest BCUT2D eigenvalue weighted by Crippen LogP contribution is 2.20. The summed E-state index contributed by atoms with van der Waals surface area (Å²) in [7, 11) is 1.29. The van der Waals surface area contributed by atoms with Crippen molar-refractivity contribution in [2.45, 2.75) is 6.92 Å². The maximum atomic E-state index is 11.8. The second kappa shape index (κ2) is 7.44. The number of nitrogens with one attached hydrogen (secondary N) is 1. The van der Waals surface area contributed by atoms with Gasteiger partial charge in [0.05, 0.1) is 17.7 Å². The summed E-state index contributed by atoms with van der Waals surface area (Å²) in [5, 5.41) is 4.75. The van der Waals surface area contributed by atoms with E-state index in [1.165, 1.54) is 29.4 Å². The molecule has 0 aromatic carbocycles. The second-order valence-electron chi connectivity index (χ2n) is 3.80. The van der Waals surface area contributed by atoms with Crippen molar-refractivity contribution in [3.05, 3.63) is 29.7 Å². The number of carbonyl (C=O) groups is 3. The van der Waals surface area contributed by atoms with Gasteiger partial charge in [-0.05, 0) is 19.1 Å². The molecule has 0 saturated heterocycles. The van der Waals surface area contributed by atoms with E-state index < -0.39 is 5.97 Å². The molecule has 2 amide bonds. The van der Waals surface area contributed by atoms with Crippen molar-refractivity contribution in [3.8, 4) is 0 Å². The van der Waals surface area contributed by atoms with Gasteiger partial charge in [0.25, 0.3) is 0 Å². The summed E-state index contributed by atoms with van der Waals surface area (Å²) in [5.41, 5.74) is 0.377. The minimum atomic E-state index is -0.459. The van der Waals surface area contributed by atoms with E-state index in [4.69, 9.17) is 0 Å². The minimum Gasteiger partial charge on any atom is -0.465 e. The average molecular weight is 296 g/mol. The third-order valence-electron chi connectivity index (χ3n) is 2.49. The standard InChI is InChI=1S/C13H16N2O4S/c1-4-12(17)15(5-2)7-10(16)14-11-6-9(8-20-11)13(18)19-3/h4,6,8H,1,5,7H2,2-3H3,(H,14,16). The number of likely N-dealkylation sites (N-methyl/N-ethyl adjacent to an activating group) is 1. The molecule has 0 bridgehead atoms. The lowest BCUT2D eigenvalue weighted by atomic mass is 10.3. The van der Waals surface area contributed by atoms with Crippen molar-refractivity contribution in [3.63, 3.8) is 0 Å². The van der Waals surface area contributed by atoms with Gasteiger partial charge in [-0.15, -0.1) is 11.3 Å². The molecule has 0 aliphatic rings. The zero-order valence-corrected chi connectivity index (χ0v) is 12.2. The van der Waals surface area contributed by atoms with E-state index in [0.29, 0.717) is 17.1 Å². The van der Waals surface area contributed by atoms with Gasteiger partial charge in [0.1, 0.15) is 6.54 Å². The van der Waals surface area contributed by atoms with Gasteiger partial charge in [-0.25, -0.2) is 4.79 Å². The molecule has 0 fully saturated rings. The van der Waals surface area contributed by atoms with Gasteiger partial charge in [-0.2, -0.15) is 0 Å². The smallest absolute Gasteiger partial charge is 0.338 e. The molecule has 20 heavy (non-hydrogen) atoms. The van der Waals surface area contributed by atoms with Crippen LogP contribution in [0.2, 0.25) is 0 Å². The lowest BCUT2D eigenvalue weighted by Gasteiger charge is -2.17. The average Bonchev–Trinajstić information content (AvgIpc) is 2.91. The molecular weight excluding hydrogens is 280 g/mol. The number of thiophene rings is 1. The summed E-state index contributed by atoms with van der Waals surface area (Å²) in [6, 6.07) is 1.53. The van der Waals surface area contributed by atoms with E-state index in [1.807, 2.05) is 0 Å². The second-order valence-corrected chi connectivity index (χ2v) is 4.71. The molecule has 0 aliphatic heterocycles. The Balaban J connectivity index is 2.62. The lowest BCUT2D eigenvalue weighted by Crippen LogP contribution is -2.36. The molecule has 0 spiro atoms. The van der Waals surface area contributed by atoms with Crippen molar-refractivity contribution < 1.29 is 19.1 Å². The number of rotatable bonds is 6. The monoisotopic (exact) mass is 296 g/mol. The molecule has 7 heteroatoms. The van der Waals surface area contributed by atoms with Crippen LogP contribution in [0.3, 0.4) is 0 Å². The first-order chi connectivity index (χ1) is 9.51. The van der Waals surface area contributed by atoms with Crippen LogP contribution in [-0.4, -0.2) is 42.9 Å². The van der Waals surface area contributed by atoms with Crippen LogP contribution in [0.15, 0.2) is 24.1 Å². The predicted octanol–water partition coefficient (Wildman–Crippen LogP) is 1.51. The molecule has 0 unspecified atom stereocenters. The lowest BCUT2D eigenvalue weighted by molar-refractivity contribution is -0.130. The number of esters is 1. The number of anilines is 1. The highest BCUT2D eigenvalue weighted by atomic mass is 32.1. The van der Waals surface area contributed by atoms with Gasteiger partial charge in [0.15, 0.2) is 0 Å². The number of ether oxygens (including phenoxy) is 1. The molecule has 1 N–H and O–H groups in total. The van der Waals surface area contributed by atoms with E-state index >= 15 is 0 Å². The van der Waals surface area contributed by atoms with Crippen molar-refractivity contribution in [2.75, 3.05) is 25.5 Å². The van der Waals surface area contributed by atoms with Crippen LogP contribution in [0.1, 0.15) is 17.3 Å². The maximum absolute atomic E-state index is 11.8. The van der Waals surface area contributed by atoms with E-state index in [0.717, 1.165) is 6.08 Å². The number of nitrogens with zero attached hydrogens (tertiary/aromatic N) is 1. The number of amides is 2. The Labute approximate surface area is 121 Å². The van der Waals surface area contributed by atoms with Crippen molar-refractivity contribution in [2.24, 2.45) is 0 Å². The number of methoxy groups -OCH3 is 1. The Kier molecular flexibility index (Phi) is 5.92. The molecule has 0 saturated carbocycles. The summed E-state index contributed by atoms with van der Waals surface area (Å²) in [6.45, 7) is 5.50. The number of hydrogen-bond donors (Lipinski definition) is 1. The van der Waals surface area contributed by atoms with Crippen LogP contribution in [0.5, 0.6) is 0 Å². The highest BCUT2D eigenvalue weighted by molar-refractivity contribution is 7.14. The molecule has 108 valence electrons. The van der Waals surface area contributed by atoms with Crippen molar-refractivity contribution in [1.29, 1.82) is 0 Å². The van der Waals surface area contributed by atoms with Crippen LogP contribution >= 0.6 is 11.3 Å². The van der Waals surface area contributed by atoms with Crippen molar-refractivity contribution in [1.82, 2.24) is 4.90 Å². The van der Waals surface area contributed by atoms with E-state index in [9.17, 15) is 14.4 Å². The van der Waals surface area contributed by atoms with Crippen LogP contribution in [0.25, 0.3) is 0 Å². The maximum Gasteiger partial charge on any atom is 0.338 e. The van der Waals surface area contributed by atoms with Gasteiger partial charge in [-0.1, -0.05) is 6.58 Å². The Morgan fingerprint density at radius 1 is 1.50 bits per heavy atom. The normalized spacial score (nSPS) is 9.70. The zero-order valence-electron chi connectivity index (χ0n) is 11.3. The van der Waals surface area contributed by atoms with Crippen molar-refractivity contribution >= 4 is 34.1 Å².